The molecule has 0 aliphatic heterocycles. The van der Waals surface area contributed by atoms with Crippen molar-refractivity contribution < 1.29 is 14.7 Å². The summed E-state index contributed by atoms with van der Waals surface area (Å²) in [5.41, 5.74) is 1.46. The van der Waals surface area contributed by atoms with E-state index >= 15 is 0 Å². The lowest BCUT2D eigenvalue weighted by atomic mass is 9.85. The maximum Gasteiger partial charge on any atom is 0.335 e. The lowest BCUT2D eigenvalue weighted by Crippen LogP contribution is -2.15. The molecule has 0 heterocycles. The molecule has 0 radical (unpaired) electrons. The van der Waals surface area contributed by atoms with E-state index in [9.17, 15) is 9.59 Å². The van der Waals surface area contributed by atoms with E-state index in [4.69, 9.17) is 5.11 Å². The van der Waals surface area contributed by atoms with Crippen LogP contribution in [0.2, 0.25) is 0 Å². The van der Waals surface area contributed by atoms with Crippen LogP contribution in [0.3, 0.4) is 0 Å². The van der Waals surface area contributed by atoms with Crippen LogP contribution in [-0.2, 0) is 10.2 Å². The normalized spacial score (nSPS) is 10.9. The number of anilines is 1. The maximum absolute atomic E-state index is 10.8. The molecule has 16 heavy (non-hydrogen) atoms. The molecule has 0 fully saturated rings. The van der Waals surface area contributed by atoms with E-state index < -0.39 is 5.97 Å². The van der Waals surface area contributed by atoms with Crippen LogP contribution in [0, 0.1) is 0 Å². The first-order valence-electron chi connectivity index (χ1n) is 4.94. The van der Waals surface area contributed by atoms with Gasteiger partial charge in [-0.05, 0) is 23.1 Å². The van der Waals surface area contributed by atoms with Gasteiger partial charge in [0.15, 0.2) is 0 Å². The Kier molecular flexibility index (Phi) is 3.32. The number of benzene rings is 1. The molecule has 86 valence electrons. The van der Waals surface area contributed by atoms with Crippen molar-refractivity contribution in [1.29, 1.82) is 0 Å². The van der Waals surface area contributed by atoms with Crippen molar-refractivity contribution in [3.05, 3.63) is 29.3 Å². The van der Waals surface area contributed by atoms with Gasteiger partial charge in [-0.25, -0.2) is 4.79 Å². The lowest BCUT2D eigenvalue weighted by Gasteiger charge is -2.22. The SMILES string of the molecule is CC(C)(C)c1ccc(C(=O)O)cc1NC=O. The first-order valence-corrected chi connectivity index (χ1v) is 4.94. The zero-order chi connectivity index (χ0) is 12.3. The molecule has 0 unspecified atom stereocenters. The molecule has 0 spiro atoms. The van der Waals surface area contributed by atoms with E-state index in [-0.39, 0.29) is 11.0 Å². The summed E-state index contributed by atoms with van der Waals surface area (Å²) in [6.45, 7) is 6.00. The molecule has 4 nitrogen and oxygen atoms in total. The fourth-order valence-corrected chi connectivity index (χ4v) is 1.51. The second kappa shape index (κ2) is 4.35. The molecule has 0 saturated heterocycles. The van der Waals surface area contributed by atoms with Crippen molar-refractivity contribution in [3.63, 3.8) is 0 Å². The summed E-state index contributed by atoms with van der Waals surface area (Å²) in [7, 11) is 0. The van der Waals surface area contributed by atoms with Gasteiger partial charge in [-0.2, -0.15) is 0 Å². The molecule has 0 aliphatic rings. The van der Waals surface area contributed by atoms with E-state index in [1.165, 1.54) is 6.07 Å². The average molecular weight is 221 g/mol. The van der Waals surface area contributed by atoms with Crippen LogP contribution >= 0.6 is 0 Å². The molecular formula is C12H15NO3. The Bertz CT molecular complexity index is 419. The predicted molar refractivity (Wildman–Crippen MR) is 61.8 cm³/mol. The molecule has 1 aromatic rings. The van der Waals surface area contributed by atoms with E-state index in [1.54, 1.807) is 12.1 Å². The van der Waals surface area contributed by atoms with Crippen molar-refractivity contribution in [2.45, 2.75) is 26.2 Å². The van der Waals surface area contributed by atoms with Crippen molar-refractivity contribution in [2.75, 3.05) is 5.32 Å². The fourth-order valence-electron chi connectivity index (χ4n) is 1.51. The highest BCUT2D eigenvalue weighted by Gasteiger charge is 2.19. The predicted octanol–water partition coefficient (Wildman–Crippen LogP) is 2.25. The summed E-state index contributed by atoms with van der Waals surface area (Å²) in [6, 6.07) is 4.74. The topological polar surface area (TPSA) is 66.4 Å². The number of rotatable bonds is 3. The van der Waals surface area contributed by atoms with E-state index in [1.807, 2.05) is 20.8 Å². The number of carbonyl (C=O) groups excluding carboxylic acids is 1. The number of carboxylic acids is 1. The number of hydrogen-bond acceptors (Lipinski definition) is 2. The molecule has 0 aromatic heterocycles. The zero-order valence-electron chi connectivity index (χ0n) is 9.57. The maximum atomic E-state index is 10.8. The van der Waals surface area contributed by atoms with E-state index in [0.29, 0.717) is 12.1 Å². The van der Waals surface area contributed by atoms with Gasteiger partial charge in [0, 0.05) is 5.69 Å². The van der Waals surface area contributed by atoms with Gasteiger partial charge in [0.25, 0.3) is 0 Å². The lowest BCUT2D eigenvalue weighted by molar-refractivity contribution is -0.105. The van der Waals surface area contributed by atoms with Crippen molar-refractivity contribution in [1.82, 2.24) is 0 Å². The van der Waals surface area contributed by atoms with Crippen molar-refractivity contribution >= 4 is 18.1 Å². The Balaban J connectivity index is 3.30. The van der Waals surface area contributed by atoms with Gasteiger partial charge in [0.1, 0.15) is 0 Å². The van der Waals surface area contributed by atoms with E-state index in [2.05, 4.69) is 5.32 Å². The average Bonchev–Trinajstić information content (AvgIpc) is 2.16. The summed E-state index contributed by atoms with van der Waals surface area (Å²) in [5.74, 6) is -1.01. The first kappa shape index (κ1) is 12.2. The molecular weight excluding hydrogens is 206 g/mol. The molecule has 1 rings (SSSR count). The minimum absolute atomic E-state index is 0.150. The summed E-state index contributed by atoms with van der Waals surface area (Å²) < 4.78 is 0. The van der Waals surface area contributed by atoms with Crippen LogP contribution in [0.25, 0.3) is 0 Å². The molecule has 1 amide bonds. The summed E-state index contributed by atoms with van der Waals surface area (Å²) in [4.78, 5) is 21.3. The van der Waals surface area contributed by atoms with Gasteiger partial charge < -0.3 is 10.4 Å². The van der Waals surface area contributed by atoms with Crippen molar-refractivity contribution in [2.24, 2.45) is 0 Å². The number of nitrogens with one attached hydrogen (secondary N) is 1. The molecule has 4 heteroatoms. The second-order valence-electron chi connectivity index (χ2n) is 4.58. The number of carboxylic acid groups (broad SMARTS) is 1. The van der Waals surface area contributed by atoms with Crippen LogP contribution in [0.1, 0.15) is 36.7 Å². The summed E-state index contributed by atoms with van der Waals surface area (Å²) in [6.07, 6.45) is 0.552. The second-order valence-corrected chi connectivity index (χ2v) is 4.58. The highest BCUT2D eigenvalue weighted by molar-refractivity contribution is 5.90. The van der Waals surface area contributed by atoms with Gasteiger partial charge in [0.2, 0.25) is 6.41 Å². The first-order chi connectivity index (χ1) is 7.36. The molecule has 0 bridgehead atoms. The van der Waals surface area contributed by atoms with Crippen LogP contribution in [0.5, 0.6) is 0 Å². The Morgan fingerprint density at radius 1 is 1.38 bits per heavy atom. The minimum atomic E-state index is -1.01. The largest absolute Gasteiger partial charge is 0.478 e. The minimum Gasteiger partial charge on any atom is -0.478 e. The molecule has 2 N–H and O–H groups in total. The quantitative estimate of drug-likeness (QED) is 0.769. The molecule has 0 aliphatic carbocycles. The van der Waals surface area contributed by atoms with Gasteiger partial charge in [0.05, 0.1) is 5.56 Å². The number of aromatic carboxylic acids is 1. The summed E-state index contributed by atoms with van der Waals surface area (Å²) >= 11 is 0. The standard InChI is InChI=1S/C12H15NO3/c1-12(2,3)9-5-4-8(11(15)16)6-10(9)13-7-14/h4-7H,1-3H3,(H,13,14)(H,15,16). The fraction of sp³-hybridized carbons (Fsp3) is 0.333. The third-order valence-corrected chi connectivity index (χ3v) is 2.29. The van der Waals surface area contributed by atoms with Gasteiger partial charge in [-0.1, -0.05) is 26.8 Å². The highest BCUT2D eigenvalue weighted by Crippen LogP contribution is 2.30. The zero-order valence-corrected chi connectivity index (χ0v) is 9.57. The van der Waals surface area contributed by atoms with Gasteiger partial charge in [-0.15, -0.1) is 0 Å². The smallest absolute Gasteiger partial charge is 0.335 e. The van der Waals surface area contributed by atoms with E-state index in [0.717, 1.165) is 5.56 Å². The van der Waals surface area contributed by atoms with Crippen LogP contribution in [0.15, 0.2) is 18.2 Å². The number of carbonyl (C=O) groups is 2. The summed E-state index contributed by atoms with van der Waals surface area (Å²) in [5, 5.41) is 11.4. The van der Waals surface area contributed by atoms with Crippen LogP contribution < -0.4 is 5.32 Å². The van der Waals surface area contributed by atoms with Crippen LogP contribution in [0.4, 0.5) is 5.69 Å². The monoisotopic (exact) mass is 221 g/mol. The third-order valence-electron chi connectivity index (χ3n) is 2.29. The number of amides is 1. The van der Waals surface area contributed by atoms with Gasteiger partial charge in [-0.3, -0.25) is 4.79 Å². The highest BCUT2D eigenvalue weighted by atomic mass is 16.4. The van der Waals surface area contributed by atoms with Crippen LogP contribution in [-0.4, -0.2) is 17.5 Å². The Morgan fingerprint density at radius 2 is 2.00 bits per heavy atom. The third kappa shape index (κ3) is 2.59. The molecule has 0 atom stereocenters. The Morgan fingerprint density at radius 3 is 2.44 bits per heavy atom. The number of hydrogen-bond donors (Lipinski definition) is 2. The molecule has 0 saturated carbocycles. The van der Waals surface area contributed by atoms with Gasteiger partial charge >= 0.3 is 5.97 Å². The molecule has 1 aromatic carbocycles. The Labute approximate surface area is 94.3 Å². The van der Waals surface area contributed by atoms with Crippen molar-refractivity contribution in [3.8, 4) is 0 Å². The Hall–Kier alpha value is -1.84.